The van der Waals surface area contributed by atoms with Crippen molar-refractivity contribution in [2.45, 2.75) is 30.8 Å². The number of sulfonamides is 1. The van der Waals surface area contributed by atoms with E-state index in [1.165, 1.54) is 74.7 Å². The van der Waals surface area contributed by atoms with Crippen molar-refractivity contribution in [3.8, 4) is 17.2 Å². The number of ether oxygens (including phenoxy) is 3. The lowest BCUT2D eigenvalue weighted by Crippen LogP contribution is -2.53. The molecular weight excluding hydrogens is 625 g/mol. The van der Waals surface area contributed by atoms with Crippen LogP contribution in [0.1, 0.15) is 18.1 Å². The molecule has 0 saturated carbocycles. The third-order valence-corrected chi connectivity index (χ3v) is 9.24. The van der Waals surface area contributed by atoms with Gasteiger partial charge in [-0.15, -0.1) is 0 Å². The number of benzene rings is 4. The van der Waals surface area contributed by atoms with Gasteiger partial charge in [-0.1, -0.05) is 48.5 Å². The molecule has 248 valence electrons. The fourth-order valence-corrected chi connectivity index (χ4v) is 6.47. The predicted octanol–water partition coefficient (Wildman–Crippen LogP) is 4.82. The van der Waals surface area contributed by atoms with Gasteiger partial charge >= 0.3 is 0 Å². The molecule has 0 aromatic heterocycles. The van der Waals surface area contributed by atoms with Crippen LogP contribution in [0.5, 0.6) is 17.2 Å². The molecule has 1 atom stereocenters. The number of amides is 2. The first-order chi connectivity index (χ1) is 22.6. The summed E-state index contributed by atoms with van der Waals surface area (Å²) in [5.41, 5.74) is 1.09. The van der Waals surface area contributed by atoms with Gasteiger partial charge in [-0.25, -0.2) is 12.8 Å². The third-order valence-electron chi connectivity index (χ3n) is 7.47. The Morgan fingerprint density at radius 2 is 1.53 bits per heavy atom. The maximum Gasteiger partial charge on any atom is 0.264 e. The summed E-state index contributed by atoms with van der Waals surface area (Å²) < 4.78 is 60.7. The van der Waals surface area contributed by atoms with Crippen LogP contribution in [0, 0.1) is 5.82 Å². The lowest BCUT2D eigenvalue weighted by atomic mass is 10.0. The number of hydrogen-bond acceptors (Lipinski definition) is 7. The van der Waals surface area contributed by atoms with Gasteiger partial charge < -0.3 is 24.4 Å². The number of carbonyl (C=O) groups is 2. The Morgan fingerprint density at radius 3 is 2.15 bits per heavy atom. The Balaban J connectivity index is 1.82. The van der Waals surface area contributed by atoms with E-state index < -0.39 is 40.2 Å². The van der Waals surface area contributed by atoms with Gasteiger partial charge in [0, 0.05) is 31.6 Å². The zero-order valence-corrected chi connectivity index (χ0v) is 27.5. The lowest BCUT2D eigenvalue weighted by molar-refractivity contribution is -0.139. The van der Waals surface area contributed by atoms with E-state index in [1.54, 1.807) is 18.2 Å². The summed E-state index contributed by atoms with van der Waals surface area (Å²) >= 11 is 0. The van der Waals surface area contributed by atoms with E-state index in [1.807, 2.05) is 37.3 Å². The zero-order chi connectivity index (χ0) is 34.0. The molecule has 0 spiro atoms. The van der Waals surface area contributed by atoms with Gasteiger partial charge in [-0.05, 0) is 55.0 Å². The molecule has 1 unspecified atom stereocenters. The first kappa shape index (κ1) is 34.8. The second-order valence-electron chi connectivity index (χ2n) is 10.4. The monoisotopic (exact) mass is 663 g/mol. The molecule has 12 heteroatoms. The van der Waals surface area contributed by atoms with E-state index in [0.717, 1.165) is 9.87 Å². The molecule has 0 radical (unpaired) electrons. The lowest BCUT2D eigenvalue weighted by Gasteiger charge is -2.33. The fraction of sp³-hybridized carbons (Fsp3) is 0.257. The van der Waals surface area contributed by atoms with Gasteiger partial charge in [-0.2, -0.15) is 0 Å². The number of rotatable bonds is 15. The molecule has 1 N–H and O–H groups in total. The minimum Gasteiger partial charge on any atom is -0.494 e. The molecule has 4 aromatic rings. The van der Waals surface area contributed by atoms with Gasteiger partial charge in [0.2, 0.25) is 11.8 Å². The highest BCUT2D eigenvalue weighted by Crippen LogP contribution is 2.33. The summed E-state index contributed by atoms with van der Waals surface area (Å²) in [6, 6.07) is 24.3. The average molecular weight is 664 g/mol. The van der Waals surface area contributed by atoms with Crippen molar-refractivity contribution in [2.75, 3.05) is 38.7 Å². The number of nitrogens with zero attached hydrogens (tertiary/aromatic N) is 2. The van der Waals surface area contributed by atoms with Gasteiger partial charge in [0.05, 0.1) is 31.4 Å². The van der Waals surface area contributed by atoms with Crippen LogP contribution in [-0.4, -0.2) is 65.6 Å². The Bertz CT molecular complexity index is 1770. The van der Waals surface area contributed by atoms with Gasteiger partial charge in [0.25, 0.3) is 10.0 Å². The average Bonchev–Trinajstić information content (AvgIpc) is 3.09. The van der Waals surface area contributed by atoms with E-state index in [9.17, 15) is 22.4 Å². The summed E-state index contributed by atoms with van der Waals surface area (Å²) in [6.07, 6.45) is 0.103. The maximum atomic E-state index is 15.0. The van der Waals surface area contributed by atoms with Gasteiger partial charge in [0.1, 0.15) is 24.2 Å². The Hall–Kier alpha value is -5.10. The molecule has 0 aliphatic heterocycles. The smallest absolute Gasteiger partial charge is 0.264 e. The van der Waals surface area contributed by atoms with Gasteiger partial charge in [0.15, 0.2) is 11.5 Å². The second-order valence-corrected chi connectivity index (χ2v) is 12.3. The van der Waals surface area contributed by atoms with E-state index >= 15 is 0 Å². The van der Waals surface area contributed by atoms with Crippen LogP contribution in [0.4, 0.5) is 10.1 Å². The van der Waals surface area contributed by atoms with E-state index in [2.05, 4.69) is 5.32 Å². The van der Waals surface area contributed by atoms with Crippen LogP contribution in [-0.2, 0) is 32.6 Å². The van der Waals surface area contributed by atoms with Crippen molar-refractivity contribution >= 4 is 27.5 Å². The SMILES string of the molecule is CCOc1ccc(N(CC(=O)N(Cc2ccccc2F)C(Cc2ccccc2)C(=O)NC)S(=O)(=O)c2ccc(OC)c(OC)c2)cc1. The largest absolute Gasteiger partial charge is 0.494 e. The number of anilines is 1. The minimum atomic E-state index is -4.42. The number of likely N-dealkylation sites (N-methyl/N-ethyl adjacent to an activating group) is 1. The van der Waals surface area contributed by atoms with E-state index in [0.29, 0.717) is 18.1 Å². The quantitative estimate of drug-likeness (QED) is 0.194. The molecule has 10 nitrogen and oxygen atoms in total. The molecule has 0 heterocycles. The standard InChI is InChI=1S/C35H38FN3O7S/c1-5-46-28-17-15-27(16-18-28)39(47(42,43)29-19-20-32(44-3)33(22-29)45-4)24-34(40)38(23-26-13-9-10-14-30(26)36)31(35(41)37-2)21-25-11-7-6-8-12-25/h6-20,22,31H,5,21,23-24H2,1-4H3,(H,37,41). The molecule has 4 rings (SSSR count). The number of hydrogen-bond donors (Lipinski definition) is 1. The molecule has 47 heavy (non-hydrogen) atoms. The number of methoxy groups -OCH3 is 2. The van der Waals surface area contributed by atoms with Crippen LogP contribution in [0.3, 0.4) is 0 Å². The molecule has 4 aromatic carbocycles. The highest BCUT2D eigenvalue weighted by atomic mass is 32.2. The van der Waals surface area contributed by atoms with Crippen molar-refractivity contribution in [1.82, 2.24) is 10.2 Å². The summed E-state index contributed by atoms with van der Waals surface area (Å²) in [6.45, 7) is 1.23. The van der Waals surface area contributed by atoms with Crippen LogP contribution in [0.25, 0.3) is 0 Å². The van der Waals surface area contributed by atoms with Crippen LogP contribution in [0.15, 0.2) is 102 Å². The normalized spacial score (nSPS) is 11.7. The Kier molecular flexibility index (Phi) is 11.8. The van der Waals surface area contributed by atoms with Crippen molar-refractivity contribution in [2.24, 2.45) is 0 Å². The molecule has 2 amide bonds. The highest BCUT2D eigenvalue weighted by Gasteiger charge is 2.35. The van der Waals surface area contributed by atoms with E-state index in [4.69, 9.17) is 14.2 Å². The second kappa shape index (κ2) is 15.9. The molecule has 0 fully saturated rings. The fourth-order valence-electron chi connectivity index (χ4n) is 5.04. The number of nitrogens with one attached hydrogen (secondary N) is 1. The van der Waals surface area contributed by atoms with Crippen LogP contribution >= 0.6 is 0 Å². The molecular formula is C35H38FN3O7S. The van der Waals surface area contributed by atoms with E-state index in [-0.39, 0.29) is 34.9 Å². The maximum absolute atomic E-state index is 15.0. The first-order valence-electron chi connectivity index (χ1n) is 14.9. The predicted molar refractivity (Wildman–Crippen MR) is 177 cm³/mol. The Morgan fingerprint density at radius 1 is 0.872 bits per heavy atom. The highest BCUT2D eigenvalue weighted by molar-refractivity contribution is 7.92. The van der Waals surface area contributed by atoms with Gasteiger partial charge in [-0.3, -0.25) is 13.9 Å². The number of halogens is 1. The Labute approximate surface area is 274 Å². The summed E-state index contributed by atoms with van der Waals surface area (Å²) in [5, 5.41) is 2.61. The minimum absolute atomic E-state index is 0.103. The first-order valence-corrected chi connectivity index (χ1v) is 16.3. The van der Waals surface area contributed by atoms with Crippen LogP contribution in [0.2, 0.25) is 0 Å². The topological polar surface area (TPSA) is 114 Å². The summed E-state index contributed by atoms with van der Waals surface area (Å²) in [7, 11) is -0.165. The van der Waals surface area contributed by atoms with Crippen molar-refractivity contribution < 1.29 is 36.6 Å². The molecule has 0 aliphatic carbocycles. The number of carbonyl (C=O) groups excluding carboxylic acids is 2. The van der Waals surface area contributed by atoms with Crippen molar-refractivity contribution in [3.63, 3.8) is 0 Å². The summed E-state index contributed by atoms with van der Waals surface area (Å²) in [4.78, 5) is 28.8. The molecule has 0 bridgehead atoms. The summed E-state index contributed by atoms with van der Waals surface area (Å²) in [5.74, 6) is -0.780. The van der Waals surface area contributed by atoms with Crippen molar-refractivity contribution in [3.05, 3.63) is 114 Å². The zero-order valence-electron chi connectivity index (χ0n) is 26.7. The molecule has 0 aliphatic rings. The van der Waals surface area contributed by atoms with Crippen molar-refractivity contribution in [1.29, 1.82) is 0 Å². The van der Waals surface area contributed by atoms with Crippen LogP contribution < -0.4 is 23.8 Å². The molecule has 0 saturated heterocycles. The third kappa shape index (κ3) is 8.39.